The van der Waals surface area contributed by atoms with Crippen LogP contribution in [-0.4, -0.2) is 11.8 Å². The number of ketones is 1. The molecule has 0 aliphatic rings. The van der Waals surface area contributed by atoms with E-state index in [1.54, 1.807) is 0 Å². The van der Waals surface area contributed by atoms with Crippen molar-refractivity contribution in [3.05, 3.63) is 29.3 Å². The topological polar surface area (TPSA) is 80.3 Å². The number of carbonyl (C=O) groups excluding carboxylic acids is 2. The third-order valence-electron chi connectivity index (χ3n) is 3.03. The number of hydrogen-bond donors (Lipinski definition) is 0. The van der Waals surface area contributed by atoms with Gasteiger partial charge in [0.05, 0.1) is 5.97 Å². The van der Waals surface area contributed by atoms with Crippen LogP contribution in [0, 0.1) is 0 Å². The van der Waals surface area contributed by atoms with Crippen LogP contribution in [0.2, 0.25) is 0 Å². The van der Waals surface area contributed by atoms with E-state index in [1.807, 2.05) is 0 Å². The first-order chi connectivity index (χ1) is 9.06. The van der Waals surface area contributed by atoms with Gasteiger partial charge in [0.15, 0.2) is 5.78 Å². The van der Waals surface area contributed by atoms with Gasteiger partial charge in [0, 0.05) is 12.0 Å². The quantitative estimate of drug-likeness (QED) is 0.413. The third kappa shape index (κ3) is 5.83. The smallest absolute Gasteiger partial charge is 0.872 e. The van der Waals surface area contributed by atoms with Crippen molar-refractivity contribution < 1.29 is 39.3 Å². The van der Waals surface area contributed by atoms with E-state index >= 15 is 0 Å². The maximum absolute atomic E-state index is 11.8. The molecule has 0 spiro atoms. The molecule has 4 nitrogen and oxygen atoms in total. The molecule has 104 valence electrons. The summed E-state index contributed by atoms with van der Waals surface area (Å²) in [7, 11) is 0. The molecule has 0 N–H and O–H groups in total. The van der Waals surface area contributed by atoms with Gasteiger partial charge in [0.25, 0.3) is 0 Å². The fourth-order valence-electron chi connectivity index (χ4n) is 1.90. The zero-order valence-electron chi connectivity index (χ0n) is 11.8. The summed E-state index contributed by atoms with van der Waals surface area (Å²) in [6.07, 6.45) is 5.58. The van der Waals surface area contributed by atoms with Crippen molar-refractivity contribution in [2.24, 2.45) is 0 Å². The van der Waals surface area contributed by atoms with E-state index in [9.17, 15) is 19.8 Å². The van der Waals surface area contributed by atoms with Crippen LogP contribution in [0.1, 0.15) is 66.2 Å². The second-order valence-electron chi connectivity index (χ2n) is 4.59. The van der Waals surface area contributed by atoms with Gasteiger partial charge in [-0.15, -0.1) is 0 Å². The first-order valence-electron chi connectivity index (χ1n) is 6.62. The van der Waals surface area contributed by atoms with Gasteiger partial charge >= 0.3 is 19.5 Å². The van der Waals surface area contributed by atoms with Crippen molar-refractivity contribution in [2.75, 3.05) is 0 Å². The Balaban J connectivity index is 0.00000361. The summed E-state index contributed by atoms with van der Waals surface area (Å²) < 4.78 is 0. The summed E-state index contributed by atoms with van der Waals surface area (Å²) in [6.45, 7) is 2.12. The summed E-state index contributed by atoms with van der Waals surface area (Å²) in [4.78, 5) is 22.6. The molecule has 0 fully saturated rings. The van der Waals surface area contributed by atoms with Gasteiger partial charge in [-0.1, -0.05) is 50.5 Å². The van der Waals surface area contributed by atoms with E-state index in [0.717, 1.165) is 44.2 Å². The molecule has 0 atom stereocenters. The number of Topliss-reactive ketones (excluding diaryl/α,β-unsaturated/α-hetero) is 1. The van der Waals surface area contributed by atoms with Crippen molar-refractivity contribution in [1.82, 2.24) is 0 Å². The summed E-state index contributed by atoms with van der Waals surface area (Å²) in [5.41, 5.74) is -0.175. The van der Waals surface area contributed by atoms with Gasteiger partial charge in [-0.25, -0.2) is 0 Å². The van der Waals surface area contributed by atoms with Gasteiger partial charge in [-0.2, -0.15) is 0 Å². The van der Waals surface area contributed by atoms with E-state index in [1.165, 1.54) is 6.07 Å². The number of rotatable bonds is 8. The molecule has 0 amide bonds. The van der Waals surface area contributed by atoms with Gasteiger partial charge in [0.2, 0.25) is 0 Å². The van der Waals surface area contributed by atoms with Crippen molar-refractivity contribution in [1.29, 1.82) is 0 Å². The molecule has 1 aromatic carbocycles. The van der Waals surface area contributed by atoms with Crippen LogP contribution in [-0.2, 0) is 19.5 Å². The molecule has 1 rings (SSSR count). The predicted molar refractivity (Wildman–Crippen MR) is 67.9 cm³/mol. The minimum atomic E-state index is -1.54. The molecular formula is C15H18O4Zn. The molecular weight excluding hydrogens is 310 g/mol. The summed E-state index contributed by atoms with van der Waals surface area (Å²) >= 11 is 0. The number of carboxylic acid groups (broad SMARTS) is 1. The molecule has 0 unspecified atom stereocenters. The Bertz CT molecular complexity index is 457. The van der Waals surface area contributed by atoms with Gasteiger partial charge in [-0.3, -0.25) is 4.79 Å². The number of hydrogen-bond acceptors (Lipinski definition) is 4. The minimum absolute atomic E-state index is 0. The van der Waals surface area contributed by atoms with Gasteiger partial charge in [0.1, 0.15) is 0 Å². The van der Waals surface area contributed by atoms with E-state index < -0.39 is 17.3 Å². The Morgan fingerprint density at radius 2 is 1.75 bits per heavy atom. The second kappa shape index (κ2) is 9.65. The normalized spacial score (nSPS) is 9.85. The SMILES string of the molecule is CCCCCCCC(=O)c1ccc([O-])c(C(=O)[O-])c1.[Zn+2]. The zero-order valence-corrected chi connectivity index (χ0v) is 14.8. The number of carboxylic acids is 1. The maximum atomic E-state index is 11.8. The van der Waals surface area contributed by atoms with Crippen LogP contribution in [0.5, 0.6) is 5.75 Å². The molecule has 20 heavy (non-hydrogen) atoms. The Morgan fingerprint density at radius 1 is 1.10 bits per heavy atom. The largest absolute Gasteiger partial charge is 2.00 e. The number of aromatic carboxylic acids is 1. The molecule has 5 heteroatoms. The van der Waals surface area contributed by atoms with Gasteiger partial charge in [-0.05, 0) is 18.1 Å². The van der Waals surface area contributed by atoms with Crippen LogP contribution in [0.3, 0.4) is 0 Å². The van der Waals surface area contributed by atoms with E-state index in [-0.39, 0.29) is 30.8 Å². The van der Waals surface area contributed by atoms with E-state index in [4.69, 9.17) is 0 Å². The van der Waals surface area contributed by atoms with Crippen molar-refractivity contribution in [3.8, 4) is 5.75 Å². The standard InChI is InChI=1S/C15H20O4.Zn/c1-2-3-4-5-6-7-13(16)11-8-9-14(17)12(10-11)15(18)19;/h8-10,17H,2-7H2,1H3,(H,18,19);/q;+2/p-2. The zero-order chi connectivity index (χ0) is 14.3. The number of benzene rings is 1. The molecule has 0 bridgehead atoms. The fraction of sp³-hybridized carbons (Fsp3) is 0.467. The van der Waals surface area contributed by atoms with Crippen molar-refractivity contribution >= 4 is 11.8 Å². The Kier molecular flexibility index (Phi) is 9.06. The van der Waals surface area contributed by atoms with Crippen LogP contribution in [0.15, 0.2) is 18.2 Å². The fourth-order valence-corrected chi connectivity index (χ4v) is 1.90. The van der Waals surface area contributed by atoms with Crippen LogP contribution < -0.4 is 10.2 Å². The molecule has 0 saturated carbocycles. The predicted octanol–water partition coefficient (Wildman–Crippen LogP) is 1.66. The third-order valence-corrected chi connectivity index (χ3v) is 3.03. The molecule has 0 aliphatic carbocycles. The first kappa shape index (κ1) is 18.8. The number of unbranched alkanes of at least 4 members (excludes halogenated alkanes) is 4. The second-order valence-corrected chi connectivity index (χ2v) is 4.59. The van der Waals surface area contributed by atoms with E-state index in [2.05, 4.69) is 6.92 Å². The summed E-state index contributed by atoms with van der Waals surface area (Å²) in [6, 6.07) is 3.60. The summed E-state index contributed by atoms with van der Waals surface area (Å²) in [5.74, 6) is -2.29. The molecule has 0 saturated heterocycles. The Labute approximate surface area is 132 Å². The maximum Gasteiger partial charge on any atom is 2.00 e. The average molecular weight is 328 g/mol. The van der Waals surface area contributed by atoms with E-state index in [0.29, 0.717) is 6.42 Å². The first-order valence-corrected chi connectivity index (χ1v) is 6.62. The van der Waals surface area contributed by atoms with Gasteiger partial charge < -0.3 is 15.0 Å². The van der Waals surface area contributed by atoms with Crippen molar-refractivity contribution in [3.63, 3.8) is 0 Å². The average Bonchev–Trinajstić information content (AvgIpc) is 2.38. The minimum Gasteiger partial charge on any atom is -0.872 e. The molecule has 0 aliphatic heterocycles. The van der Waals surface area contributed by atoms with Crippen LogP contribution in [0.25, 0.3) is 0 Å². The number of carbonyl (C=O) groups is 2. The van der Waals surface area contributed by atoms with Crippen LogP contribution in [0.4, 0.5) is 0 Å². The monoisotopic (exact) mass is 326 g/mol. The molecule has 1 aromatic rings. The Morgan fingerprint density at radius 3 is 2.35 bits per heavy atom. The molecule has 0 radical (unpaired) electrons. The molecule has 0 aromatic heterocycles. The summed E-state index contributed by atoms with van der Waals surface area (Å²) in [5, 5.41) is 21.9. The van der Waals surface area contributed by atoms with Crippen molar-refractivity contribution in [2.45, 2.75) is 45.4 Å². The molecule has 0 heterocycles. The van der Waals surface area contributed by atoms with Crippen LogP contribution >= 0.6 is 0 Å². The Hall–Kier alpha value is -1.22.